The normalized spacial score (nSPS) is 17.3. The van der Waals surface area contributed by atoms with Crippen LogP contribution in [0.3, 0.4) is 0 Å². The summed E-state index contributed by atoms with van der Waals surface area (Å²) in [6.45, 7) is 0.277. The van der Waals surface area contributed by atoms with Crippen LogP contribution < -0.4 is 9.47 Å². The number of benzene rings is 4. The topological polar surface area (TPSA) is 99.0 Å². The molecule has 1 atom stereocenters. The molecule has 0 saturated carbocycles. The van der Waals surface area contributed by atoms with Gasteiger partial charge in [-0.2, -0.15) is 0 Å². The summed E-state index contributed by atoms with van der Waals surface area (Å²) >= 11 is 0. The van der Waals surface area contributed by atoms with Gasteiger partial charge in [0.1, 0.15) is 0 Å². The first kappa shape index (κ1) is 23.7. The second-order valence-electron chi connectivity index (χ2n) is 8.98. The highest BCUT2D eigenvalue weighted by Gasteiger charge is 2.37. The van der Waals surface area contributed by atoms with Crippen LogP contribution in [0.25, 0.3) is 11.8 Å². The van der Waals surface area contributed by atoms with Gasteiger partial charge in [0, 0.05) is 30.2 Å². The van der Waals surface area contributed by atoms with Gasteiger partial charge in [-0.1, -0.05) is 60.7 Å². The van der Waals surface area contributed by atoms with Gasteiger partial charge in [-0.05, 0) is 47.0 Å². The minimum absolute atomic E-state index is 0.0223. The van der Waals surface area contributed by atoms with E-state index >= 15 is 0 Å². The molecule has 2 aliphatic rings. The second-order valence-corrected chi connectivity index (χ2v) is 10.8. The smallest absolute Gasteiger partial charge is 0.269 e. The van der Waals surface area contributed by atoms with Crippen molar-refractivity contribution in [3.63, 3.8) is 0 Å². The van der Waals surface area contributed by atoms with Crippen molar-refractivity contribution in [2.75, 3.05) is 13.3 Å². The zero-order valence-corrected chi connectivity index (χ0v) is 20.9. The molecule has 4 aromatic carbocycles. The Morgan fingerprint density at radius 3 is 2.34 bits per heavy atom. The largest absolute Gasteiger partial charge is 0.454 e. The van der Waals surface area contributed by atoms with E-state index in [0.29, 0.717) is 17.2 Å². The van der Waals surface area contributed by atoms with Gasteiger partial charge in [-0.25, -0.2) is 8.42 Å². The summed E-state index contributed by atoms with van der Waals surface area (Å²) in [5, 5.41) is 11.2. The van der Waals surface area contributed by atoms with E-state index in [4.69, 9.17) is 9.47 Å². The molecular weight excluding hydrogens is 504 g/mol. The molecule has 9 heteroatoms. The number of hydrogen-bond donors (Lipinski definition) is 0. The molecule has 190 valence electrons. The molecule has 0 bridgehead atoms. The van der Waals surface area contributed by atoms with E-state index < -0.39 is 14.9 Å². The van der Waals surface area contributed by atoms with Crippen molar-refractivity contribution in [1.82, 2.24) is 4.31 Å². The number of ether oxygens (including phenoxy) is 2. The highest BCUT2D eigenvalue weighted by molar-refractivity contribution is 7.89. The number of nitro benzene ring substituents is 1. The van der Waals surface area contributed by atoms with Crippen molar-refractivity contribution >= 4 is 27.5 Å². The lowest BCUT2D eigenvalue weighted by Crippen LogP contribution is -2.37. The van der Waals surface area contributed by atoms with Crippen LogP contribution in [-0.2, 0) is 10.0 Å². The van der Waals surface area contributed by atoms with Crippen LogP contribution >= 0.6 is 0 Å². The lowest BCUT2D eigenvalue weighted by molar-refractivity contribution is -0.384. The van der Waals surface area contributed by atoms with Crippen molar-refractivity contribution in [2.24, 2.45) is 0 Å². The fourth-order valence-corrected chi connectivity index (χ4v) is 6.39. The van der Waals surface area contributed by atoms with Gasteiger partial charge in [0.05, 0.1) is 15.5 Å². The molecule has 2 heterocycles. The van der Waals surface area contributed by atoms with Crippen molar-refractivity contribution in [3.8, 4) is 11.5 Å². The first-order chi connectivity index (χ1) is 18.4. The van der Waals surface area contributed by atoms with Gasteiger partial charge < -0.3 is 9.47 Å². The van der Waals surface area contributed by atoms with Crippen molar-refractivity contribution in [2.45, 2.75) is 10.8 Å². The maximum absolute atomic E-state index is 14.1. The Balaban J connectivity index is 1.53. The molecule has 0 aliphatic carbocycles. The number of rotatable bonds is 5. The third-order valence-corrected chi connectivity index (χ3v) is 8.56. The Morgan fingerprint density at radius 2 is 1.58 bits per heavy atom. The molecule has 0 N–H and O–H groups in total. The number of nitrogens with zero attached hydrogens (tertiary/aromatic N) is 2. The summed E-state index contributed by atoms with van der Waals surface area (Å²) in [6.07, 6.45) is 1.86. The molecule has 0 spiro atoms. The molecule has 6 rings (SSSR count). The van der Waals surface area contributed by atoms with Crippen molar-refractivity contribution < 1.29 is 22.8 Å². The summed E-state index contributed by atoms with van der Waals surface area (Å²) in [5.41, 5.74) is 3.87. The van der Waals surface area contributed by atoms with Crippen LogP contribution in [-0.4, -0.2) is 31.0 Å². The van der Waals surface area contributed by atoms with Crippen molar-refractivity contribution in [1.29, 1.82) is 0 Å². The number of non-ortho nitro benzene ring substituents is 1. The van der Waals surface area contributed by atoms with E-state index in [1.165, 1.54) is 28.6 Å². The van der Waals surface area contributed by atoms with Gasteiger partial charge in [0.25, 0.3) is 15.7 Å². The number of hydrogen-bond acceptors (Lipinski definition) is 6. The minimum atomic E-state index is -4.08. The lowest BCUT2D eigenvalue weighted by Gasteiger charge is -2.37. The molecule has 0 fully saturated rings. The number of sulfonamides is 1. The third kappa shape index (κ3) is 4.16. The zero-order chi connectivity index (χ0) is 26.3. The van der Waals surface area contributed by atoms with Gasteiger partial charge in [0.15, 0.2) is 11.5 Å². The first-order valence-corrected chi connectivity index (χ1v) is 13.4. The van der Waals surface area contributed by atoms with Crippen LogP contribution in [0.5, 0.6) is 11.5 Å². The summed E-state index contributed by atoms with van der Waals surface area (Å²) in [4.78, 5) is 10.6. The summed E-state index contributed by atoms with van der Waals surface area (Å²) in [7, 11) is -4.08. The first-order valence-electron chi connectivity index (χ1n) is 11.9. The quantitative estimate of drug-likeness (QED) is 0.246. The predicted molar refractivity (Wildman–Crippen MR) is 142 cm³/mol. The maximum Gasteiger partial charge on any atom is 0.269 e. The zero-order valence-electron chi connectivity index (χ0n) is 20.1. The predicted octanol–water partition coefficient (Wildman–Crippen LogP) is 5.66. The summed E-state index contributed by atoms with van der Waals surface area (Å²) in [5.74, 6) is 0.981. The SMILES string of the molecule is O=[N+]([O-])c1ccc(S(=O)(=O)N2CC(c3ccc4c(c3)OCO4)c3ccccc3/C2=C/c2ccccc2)cc1. The van der Waals surface area contributed by atoms with Gasteiger partial charge in [-0.15, -0.1) is 0 Å². The molecule has 0 amide bonds. The third-order valence-electron chi connectivity index (χ3n) is 6.77. The van der Waals surface area contributed by atoms with E-state index in [0.717, 1.165) is 22.3 Å². The second kappa shape index (κ2) is 9.35. The van der Waals surface area contributed by atoms with Crippen LogP contribution in [0.4, 0.5) is 5.69 Å². The van der Waals surface area contributed by atoms with Gasteiger partial charge in [-0.3, -0.25) is 14.4 Å². The van der Waals surface area contributed by atoms with Gasteiger partial charge >= 0.3 is 0 Å². The van der Waals surface area contributed by atoms with E-state index in [-0.39, 0.29) is 29.8 Å². The lowest BCUT2D eigenvalue weighted by atomic mass is 9.83. The molecular formula is C29H22N2O6S. The van der Waals surface area contributed by atoms with E-state index in [1.807, 2.05) is 78.9 Å². The molecule has 1 unspecified atom stereocenters. The van der Waals surface area contributed by atoms with Gasteiger partial charge in [0.2, 0.25) is 6.79 Å². The Kier molecular flexibility index (Phi) is 5.84. The average molecular weight is 527 g/mol. The molecule has 2 aliphatic heterocycles. The highest BCUT2D eigenvalue weighted by atomic mass is 32.2. The molecule has 0 saturated heterocycles. The Hall–Kier alpha value is -4.63. The minimum Gasteiger partial charge on any atom is -0.454 e. The van der Waals surface area contributed by atoms with Crippen LogP contribution in [0.1, 0.15) is 28.2 Å². The molecule has 0 radical (unpaired) electrons. The maximum atomic E-state index is 14.1. The Bertz CT molecular complexity index is 1670. The van der Waals surface area contributed by atoms with Crippen LogP contribution in [0.2, 0.25) is 0 Å². The van der Waals surface area contributed by atoms with Crippen LogP contribution in [0.15, 0.2) is 102 Å². The summed E-state index contributed by atoms with van der Waals surface area (Å²) < 4.78 is 40.7. The fourth-order valence-electron chi connectivity index (χ4n) is 4.90. The highest BCUT2D eigenvalue weighted by Crippen LogP contribution is 2.44. The van der Waals surface area contributed by atoms with E-state index in [1.54, 1.807) is 0 Å². The molecule has 0 aromatic heterocycles. The Labute approximate surface area is 219 Å². The average Bonchev–Trinajstić information content (AvgIpc) is 3.42. The fraction of sp³-hybridized carbons (Fsp3) is 0.103. The van der Waals surface area contributed by atoms with E-state index in [9.17, 15) is 18.5 Å². The number of nitro groups is 1. The molecule has 38 heavy (non-hydrogen) atoms. The van der Waals surface area contributed by atoms with Crippen LogP contribution in [0, 0.1) is 10.1 Å². The monoisotopic (exact) mass is 526 g/mol. The molecule has 8 nitrogen and oxygen atoms in total. The molecule has 4 aromatic rings. The summed E-state index contributed by atoms with van der Waals surface area (Å²) in [6, 6.07) is 27.9. The van der Waals surface area contributed by atoms with Crippen molar-refractivity contribution in [3.05, 3.63) is 129 Å². The van der Waals surface area contributed by atoms with E-state index in [2.05, 4.69) is 0 Å². The standard InChI is InChI=1S/C29H22N2O6S/c32-31(33)22-11-13-23(14-12-22)38(34,35)30-18-26(21-10-15-28-29(17-21)37-19-36-28)24-8-4-5-9-25(24)27(30)16-20-6-2-1-3-7-20/h1-17,26H,18-19H2/b27-16-. The number of fused-ring (bicyclic) bond motifs is 2. The Morgan fingerprint density at radius 1 is 0.868 bits per heavy atom.